The monoisotopic (exact) mass is 455 g/mol. The number of aryl methyl sites for hydroxylation is 2. The summed E-state index contributed by atoms with van der Waals surface area (Å²) in [4.78, 5) is 12.8. The van der Waals surface area contributed by atoms with Gasteiger partial charge in [0.1, 0.15) is 11.3 Å². The summed E-state index contributed by atoms with van der Waals surface area (Å²) in [6.45, 7) is 6.11. The molecule has 0 atom stereocenters. The van der Waals surface area contributed by atoms with Crippen LogP contribution in [0.25, 0.3) is 27.7 Å². The molecule has 0 bridgehead atoms. The number of rotatable bonds is 5. The normalized spacial score (nSPS) is 12.8. The van der Waals surface area contributed by atoms with Crippen LogP contribution in [0, 0.1) is 13.8 Å². The molecule has 172 valence electrons. The molecule has 6 nitrogen and oxygen atoms in total. The maximum absolute atomic E-state index is 12.8. The summed E-state index contributed by atoms with van der Waals surface area (Å²) in [6.07, 6.45) is 3.34. The number of carbonyl (C=O) groups excluding carboxylic acids is 1. The van der Waals surface area contributed by atoms with Crippen LogP contribution < -0.4 is 19.5 Å². The zero-order valence-corrected chi connectivity index (χ0v) is 19.5. The minimum absolute atomic E-state index is 0.186. The van der Waals surface area contributed by atoms with Crippen molar-refractivity contribution in [3.05, 3.63) is 77.6 Å². The number of fused-ring (bicyclic) bond motifs is 2. The SMILES string of the molecule is COc1c(/C(C)=C/C(=O)Nc2ccc3c(c2)OCO3)cc2c(-c3ccc(C)cc3)coc2c1C. The van der Waals surface area contributed by atoms with Gasteiger partial charge >= 0.3 is 0 Å². The first-order valence-electron chi connectivity index (χ1n) is 11.0. The molecule has 1 N–H and O–H groups in total. The van der Waals surface area contributed by atoms with E-state index in [1.807, 2.05) is 19.9 Å². The van der Waals surface area contributed by atoms with Gasteiger partial charge in [0.05, 0.1) is 13.4 Å². The van der Waals surface area contributed by atoms with Gasteiger partial charge in [-0.05, 0) is 50.1 Å². The van der Waals surface area contributed by atoms with Gasteiger partial charge in [0, 0.05) is 39.9 Å². The van der Waals surface area contributed by atoms with Gasteiger partial charge in [-0.3, -0.25) is 4.79 Å². The van der Waals surface area contributed by atoms with Gasteiger partial charge in [0.2, 0.25) is 12.7 Å². The Balaban J connectivity index is 1.51. The molecule has 6 heteroatoms. The molecule has 0 saturated carbocycles. The van der Waals surface area contributed by atoms with E-state index in [9.17, 15) is 4.79 Å². The van der Waals surface area contributed by atoms with Crippen molar-refractivity contribution in [2.24, 2.45) is 0 Å². The first-order valence-corrected chi connectivity index (χ1v) is 11.0. The number of furan rings is 1. The Morgan fingerprint density at radius 1 is 1.03 bits per heavy atom. The van der Waals surface area contributed by atoms with E-state index in [0.29, 0.717) is 22.9 Å². The second kappa shape index (κ2) is 8.63. The molecule has 4 aromatic rings. The molecule has 1 amide bonds. The Morgan fingerprint density at radius 3 is 2.56 bits per heavy atom. The smallest absolute Gasteiger partial charge is 0.248 e. The first-order chi connectivity index (χ1) is 16.4. The maximum Gasteiger partial charge on any atom is 0.248 e. The number of ether oxygens (including phenoxy) is 3. The number of benzene rings is 3. The van der Waals surface area contributed by atoms with Crippen molar-refractivity contribution < 1.29 is 23.4 Å². The fourth-order valence-corrected chi connectivity index (χ4v) is 4.26. The lowest BCUT2D eigenvalue weighted by atomic mass is 9.96. The third kappa shape index (κ3) is 3.88. The number of methoxy groups -OCH3 is 1. The van der Waals surface area contributed by atoms with Gasteiger partial charge in [-0.25, -0.2) is 0 Å². The van der Waals surface area contributed by atoms with E-state index >= 15 is 0 Å². The molecule has 1 aliphatic heterocycles. The van der Waals surface area contributed by atoms with Gasteiger partial charge in [0.25, 0.3) is 0 Å². The Kier molecular flexibility index (Phi) is 5.49. The van der Waals surface area contributed by atoms with E-state index in [-0.39, 0.29) is 12.7 Å². The Labute approximate surface area is 197 Å². The standard InChI is InChI=1S/C28H25NO5/c1-16-5-7-19(8-6-16)23-14-32-28-18(3)27(31-4)21(13-22(23)28)17(2)11-26(30)29-20-9-10-24-25(12-20)34-15-33-24/h5-14H,15H2,1-4H3,(H,29,30)/b17-11+. The molecular formula is C28H25NO5. The molecule has 0 radical (unpaired) electrons. The summed E-state index contributed by atoms with van der Waals surface area (Å²) in [5, 5.41) is 3.86. The number of nitrogens with one attached hydrogen (secondary N) is 1. The van der Waals surface area contributed by atoms with Crippen LogP contribution in [0.4, 0.5) is 5.69 Å². The predicted octanol–water partition coefficient (Wildman–Crippen LogP) is 6.50. The summed E-state index contributed by atoms with van der Waals surface area (Å²) >= 11 is 0. The third-order valence-corrected chi connectivity index (χ3v) is 6.02. The number of amides is 1. The van der Waals surface area contributed by atoms with Crippen LogP contribution in [-0.2, 0) is 4.79 Å². The van der Waals surface area contributed by atoms with Crippen LogP contribution >= 0.6 is 0 Å². The van der Waals surface area contributed by atoms with E-state index in [0.717, 1.165) is 38.8 Å². The molecule has 0 unspecified atom stereocenters. The molecule has 0 saturated heterocycles. The topological polar surface area (TPSA) is 69.9 Å². The molecule has 3 aromatic carbocycles. The largest absolute Gasteiger partial charge is 0.496 e. The van der Waals surface area contributed by atoms with Gasteiger partial charge in [-0.1, -0.05) is 29.8 Å². The van der Waals surface area contributed by atoms with Crippen LogP contribution in [0.15, 0.2) is 65.3 Å². The molecule has 0 spiro atoms. The van der Waals surface area contributed by atoms with E-state index < -0.39 is 0 Å². The van der Waals surface area contributed by atoms with Gasteiger partial charge in [-0.15, -0.1) is 0 Å². The minimum atomic E-state index is -0.248. The van der Waals surface area contributed by atoms with Crippen molar-refractivity contribution in [2.45, 2.75) is 20.8 Å². The lowest BCUT2D eigenvalue weighted by Crippen LogP contribution is -2.08. The highest BCUT2D eigenvalue weighted by atomic mass is 16.7. The highest BCUT2D eigenvalue weighted by molar-refractivity contribution is 6.06. The van der Waals surface area contributed by atoms with E-state index in [4.69, 9.17) is 18.6 Å². The summed E-state index contributed by atoms with van der Waals surface area (Å²) in [5.41, 5.74) is 7.17. The maximum atomic E-state index is 12.8. The van der Waals surface area contributed by atoms with Crippen LogP contribution in [0.3, 0.4) is 0 Å². The number of carbonyl (C=O) groups is 1. The lowest BCUT2D eigenvalue weighted by molar-refractivity contribution is -0.111. The summed E-state index contributed by atoms with van der Waals surface area (Å²) < 4.78 is 22.4. The van der Waals surface area contributed by atoms with Crippen molar-refractivity contribution in [1.82, 2.24) is 0 Å². The van der Waals surface area contributed by atoms with E-state index in [1.54, 1.807) is 37.6 Å². The molecule has 5 rings (SSSR count). The van der Waals surface area contributed by atoms with E-state index in [2.05, 4.69) is 36.5 Å². The van der Waals surface area contributed by atoms with Crippen LogP contribution in [-0.4, -0.2) is 19.8 Å². The number of hydrogen-bond donors (Lipinski definition) is 1. The summed E-state index contributed by atoms with van der Waals surface area (Å²) in [6, 6.07) is 15.7. The molecule has 0 aliphatic carbocycles. The van der Waals surface area contributed by atoms with E-state index in [1.165, 1.54) is 5.56 Å². The second-order valence-corrected chi connectivity index (χ2v) is 8.36. The number of anilines is 1. The second-order valence-electron chi connectivity index (χ2n) is 8.36. The quantitative estimate of drug-likeness (QED) is 0.348. The van der Waals surface area contributed by atoms with Crippen LogP contribution in [0.2, 0.25) is 0 Å². The molecule has 2 heterocycles. The first kappa shape index (κ1) is 21.6. The van der Waals surface area contributed by atoms with Crippen molar-refractivity contribution in [3.63, 3.8) is 0 Å². The third-order valence-electron chi connectivity index (χ3n) is 6.02. The Bertz CT molecular complexity index is 1430. The zero-order chi connectivity index (χ0) is 23.8. The lowest BCUT2D eigenvalue weighted by Gasteiger charge is -2.13. The van der Waals surface area contributed by atoms with Crippen molar-refractivity contribution in [2.75, 3.05) is 19.2 Å². The highest BCUT2D eigenvalue weighted by Gasteiger charge is 2.19. The van der Waals surface area contributed by atoms with Gasteiger partial charge in [-0.2, -0.15) is 0 Å². The zero-order valence-electron chi connectivity index (χ0n) is 19.5. The average molecular weight is 456 g/mol. The Hall–Kier alpha value is -4.19. The Morgan fingerprint density at radius 2 is 1.79 bits per heavy atom. The van der Waals surface area contributed by atoms with Crippen molar-refractivity contribution >= 4 is 28.1 Å². The van der Waals surface area contributed by atoms with Crippen LogP contribution in [0.1, 0.15) is 23.6 Å². The minimum Gasteiger partial charge on any atom is -0.496 e. The fraction of sp³-hybridized carbons (Fsp3) is 0.179. The average Bonchev–Trinajstić information content (AvgIpc) is 3.46. The number of hydrogen-bond acceptors (Lipinski definition) is 5. The molecular weight excluding hydrogens is 430 g/mol. The molecule has 1 aliphatic rings. The molecule has 0 fully saturated rings. The predicted molar refractivity (Wildman–Crippen MR) is 133 cm³/mol. The fourth-order valence-electron chi connectivity index (χ4n) is 4.26. The molecule has 34 heavy (non-hydrogen) atoms. The number of allylic oxidation sites excluding steroid dienone is 1. The molecule has 1 aromatic heterocycles. The summed E-state index contributed by atoms with van der Waals surface area (Å²) in [7, 11) is 1.63. The van der Waals surface area contributed by atoms with Crippen molar-refractivity contribution in [1.29, 1.82) is 0 Å². The van der Waals surface area contributed by atoms with Gasteiger partial charge in [0.15, 0.2) is 11.5 Å². The highest BCUT2D eigenvalue weighted by Crippen LogP contribution is 2.40. The summed E-state index contributed by atoms with van der Waals surface area (Å²) in [5.74, 6) is 1.72. The van der Waals surface area contributed by atoms with Crippen molar-refractivity contribution in [3.8, 4) is 28.4 Å². The van der Waals surface area contributed by atoms with Gasteiger partial charge < -0.3 is 23.9 Å². The van der Waals surface area contributed by atoms with Crippen LogP contribution in [0.5, 0.6) is 17.2 Å².